The molecule has 1 amide bonds. The highest BCUT2D eigenvalue weighted by atomic mass is 16.6. The number of hydrogen-bond donors (Lipinski definition) is 1. The Morgan fingerprint density at radius 1 is 1.25 bits per heavy atom. The first kappa shape index (κ1) is 13.2. The van der Waals surface area contributed by atoms with Crippen LogP contribution in [0.2, 0.25) is 0 Å². The number of carbonyl (C=O) groups is 1. The first-order chi connectivity index (χ1) is 9.83. The number of nitrogens with one attached hydrogen (secondary N) is 1. The van der Waals surface area contributed by atoms with Crippen LogP contribution in [0.3, 0.4) is 0 Å². The molecule has 0 spiro atoms. The molecule has 1 saturated heterocycles. The molecule has 2 aliphatic rings. The molecule has 2 aliphatic heterocycles. The lowest BCUT2D eigenvalue weighted by atomic mass is 10.2. The minimum absolute atomic E-state index is 0.0984. The fraction of sp³-hybridized carbons (Fsp3) is 0.533. The van der Waals surface area contributed by atoms with Gasteiger partial charge in [0.05, 0.1) is 0 Å². The van der Waals surface area contributed by atoms with Gasteiger partial charge >= 0.3 is 0 Å². The summed E-state index contributed by atoms with van der Waals surface area (Å²) in [5.74, 6) is 1.24. The Morgan fingerprint density at radius 3 is 2.80 bits per heavy atom. The molecule has 2 heterocycles. The molecule has 5 heteroatoms. The molecule has 20 heavy (non-hydrogen) atoms. The summed E-state index contributed by atoms with van der Waals surface area (Å²) in [5.41, 5.74) is 0. The average Bonchev–Trinajstić information content (AvgIpc) is 3.00. The van der Waals surface area contributed by atoms with Gasteiger partial charge in [-0.05, 0) is 38.1 Å². The van der Waals surface area contributed by atoms with Crippen molar-refractivity contribution in [3.63, 3.8) is 0 Å². The zero-order valence-electron chi connectivity index (χ0n) is 11.5. The van der Waals surface area contributed by atoms with Crippen molar-refractivity contribution in [1.29, 1.82) is 0 Å². The standard InChI is InChI=1S/C15H20N2O3/c18-15(16-7-10-17-8-3-4-9-17)14-11-19-12-5-1-2-6-13(12)20-14/h1-2,5-6,14H,3-4,7-11H2,(H,16,18)/t14-/m1/s1. The van der Waals surface area contributed by atoms with Gasteiger partial charge in [0.25, 0.3) is 5.91 Å². The molecule has 0 unspecified atom stereocenters. The third-order valence-electron chi connectivity index (χ3n) is 3.73. The van der Waals surface area contributed by atoms with Gasteiger partial charge in [-0.15, -0.1) is 0 Å². The Bertz CT molecular complexity index is 472. The van der Waals surface area contributed by atoms with E-state index in [1.807, 2.05) is 24.3 Å². The lowest BCUT2D eigenvalue weighted by Crippen LogP contribution is -2.45. The van der Waals surface area contributed by atoms with Crippen LogP contribution in [0.1, 0.15) is 12.8 Å². The van der Waals surface area contributed by atoms with Crippen LogP contribution in [0.15, 0.2) is 24.3 Å². The highest BCUT2D eigenvalue weighted by molar-refractivity contribution is 5.81. The fourth-order valence-corrected chi connectivity index (χ4v) is 2.61. The number of likely N-dealkylation sites (tertiary alicyclic amines) is 1. The summed E-state index contributed by atoms with van der Waals surface area (Å²) in [4.78, 5) is 14.4. The number of nitrogens with zero attached hydrogens (tertiary/aromatic N) is 1. The number of carbonyl (C=O) groups excluding carboxylic acids is 1. The van der Waals surface area contributed by atoms with Crippen molar-refractivity contribution in [3.8, 4) is 11.5 Å². The topological polar surface area (TPSA) is 50.8 Å². The number of benzene rings is 1. The summed E-state index contributed by atoms with van der Waals surface area (Å²) in [6.45, 7) is 4.14. The molecule has 108 valence electrons. The highest BCUT2D eigenvalue weighted by Gasteiger charge is 2.27. The second-order valence-electron chi connectivity index (χ2n) is 5.20. The van der Waals surface area contributed by atoms with Gasteiger partial charge in [0.1, 0.15) is 6.61 Å². The van der Waals surface area contributed by atoms with Crippen molar-refractivity contribution in [2.75, 3.05) is 32.8 Å². The van der Waals surface area contributed by atoms with Gasteiger partial charge in [0, 0.05) is 13.1 Å². The van der Waals surface area contributed by atoms with Gasteiger partial charge in [-0.25, -0.2) is 0 Å². The number of rotatable bonds is 4. The number of ether oxygens (including phenoxy) is 2. The Morgan fingerprint density at radius 2 is 2.00 bits per heavy atom. The zero-order chi connectivity index (χ0) is 13.8. The van der Waals surface area contributed by atoms with E-state index in [0.717, 1.165) is 19.6 Å². The normalized spacial score (nSPS) is 21.7. The van der Waals surface area contributed by atoms with Crippen molar-refractivity contribution >= 4 is 5.91 Å². The van der Waals surface area contributed by atoms with E-state index >= 15 is 0 Å². The van der Waals surface area contributed by atoms with Crippen molar-refractivity contribution in [1.82, 2.24) is 10.2 Å². The summed E-state index contributed by atoms with van der Waals surface area (Å²) in [5, 5.41) is 2.92. The zero-order valence-corrected chi connectivity index (χ0v) is 11.5. The fourth-order valence-electron chi connectivity index (χ4n) is 2.61. The predicted octanol–water partition coefficient (Wildman–Crippen LogP) is 1.04. The number of amides is 1. The Labute approximate surface area is 118 Å². The van der Waals surface area contributed by atoms with Crippen LogP contribution in [0.4, 0.5) is 0 Å². The van der Waals surface area contributed by atoms with E-state index in [9.17, 15) is 4.79 Å². The number of hydrogen-bond acceptors (Lipinski definition) is 4. The first-order valence-corrected chi connectivity index (χ1v) is 7.21. The lowest BCUT2D eigenvalue weighted by molar-refractivity contribution is -0.130. The number of para-hydroxylation sites is 2. The molecular formula is C15H20N2O3. The van der Waals surface area contributed by atoms with E-state index in [1.54, 1.807) is 0 Å². The molecular weight excluding hydrogens is 256 g/mol. The number of fused-ring (bicyclic) bond motifs is 1. The van der Waals surface area contributed by atoms with Crippen molar-refractivity contribution in [2.24, 2.45) is 0 Å². The minimum Gasteiger partial charge on any atom is -0.485 e. The van der Waals surface area contributed by atoms with Crippen LogP contribution in [0, 0.1) is 0 Å². The molecule has 5 nitrogen and oxygen atoms in total. The molecule has 1 aromatic carbocycles. The van der Waals surface area contributed by atoms with Gasteiger partial charge in [-0.2, -0.15) is 0 Å². The van der Waals surface area contributed by atoms with Gasteiger partial charge in [-0.1, -0.05) is 12.1 Å². The maximum atomic E-state index is 12.0. The summed E-state index contributed by atoms with van der Waals surface area (Å²) in [6.07, 6.45) is 1.98. The molecule has 0 aromatic heterocycles. The summed E-state index contributed by atoms with van der Waals surface area (Å²) < 4.78 is 11.2. The smallest absolute Gasteiger partial charge is 0.264 e. The average molecular weight is 276 g/mol. The summed E-state index contributed by atoms with van der Waals surface area (Å²) in [6, 6.07) is 7.42. The Hall–Kier alpha value is -1.75. The third kappa shape index (κ3) is 3.04. The lowest BCUT2D eigenvalue weighted by Gasteiger charge is -2.25. The van der Waals surface area contributed by atoms with E-state index in [0.29, 0.717) is 18.0 Å². The van der Waals surface area contributed by atoms with Gasteiger partial charge in [-0.3, -0.25) is 4.79 Å². The molecule has 1 fully saturated rings. The molecule has 1 atom stereocenters. The van der Waals surface area contributed by atoms with Crippen molar-refractivity contribution < 1.29 is 14.3 Å². The molecule has 1 aromatic rings. The first-order valence-electron chi connectivity index (χ1n) is 7.21. The van der Waals surface area contributed by atoms with Crippen molar-refractivity contribution in [2.45, 2.75) is 18.9 Å². The largest absolute Gasteiger partial charge is 0.485 e. The van der Waals surface area contributed by atoms with E-state index in [-0.39, 0.29) is 12.5 Å². The van der Waals surface area contributed by atoms with Crippen LogP contribution in [-0.2, 0) is 4.79 Å². The van der Waals surface area contributed by atoms with Gasteiger partial charge in [0.2, 0.25) is 6.10 Å². The van der Waals surface area contributed by atoms with Crippen LogP contribution < -0.4 is 14.8 Å². The molecule has 0 bridgehead atoms. The third-order valence-corrected chi connectivity index (χ3v) is 3.73. The second kappa shape index (κ2) is 6.13. The summed E-state index contributed by atoms with van der Waals surface area (Å²) >= 11 is 0. The van der Waals surface area contributed by atoms with Crippen LogP contribution in [-0.4, -0.2) is 49.7 Å². The highest BCUT2D eigenvalue weighted by Crippen LogP contribution is 2.30. The molecule has 3 rings (SSSR count). The molecule has 0 radical (unpaired) electrons. The maximum absolute atomic E-state index is 12.0. The Kier molecular flexibility index (Phi) is 4.06. The minimum atomic E-state index is -0.552. The van der Waals surface area contributed by atoms with Gasteiger partial charge < -0.3 is 19.7 Å². The van der Waals surface area contributed by atoms with Gasteiger partial charge in [0.15, 0.2) is 11.5 Å². The van der Waals surface area contributed by atoms with Crippen molar-refractivity contribution in [3.05, 3.63) is 24.3 Å². The second-order valence-corrected chi connectivity index (χ2v) is 5.20. The van der Waals surface area contributed by atoms with E-state index in [2.05, 4.69) is 10.2 Å². The predicted molar refractivity (Wildman–Crippen MR) is 75.0 cm³/mol. The van der Waals surface area contributed by atoms with E-state index in [4.69, 9.17) is 9.47 Å². The van der Waals surface area contributed by atoms with E-state index in [1.165, 1.54) is 12.8 Å². The monoisotopic (exact) mass is 276 g/mol. The van der Waals surface area contributed by atoms with Crippen LogP contribution >= 0.6 is 0 Å². The maximum Gasteiger partial charge on any atom is 0.264 e. The van der Waals surface area contributed by atoms with E-state index < -0.39 is 6.10 Å². The SMILES string of the molecule is O=C(NCCN1CCCC1)[C@H]1COc2ccccc2O1. The van der Waals surface area contributed by atoms with Crippen LogP contribution in [0.5, 0.6) is 11.5 Å². The quantitative estimate of drug-likeness (QED) is 0.892. The molecule has 0 saturated carbocycles. The molecule has 0 aliphatic carbocycles. The summed E-state index contributed by atoms with van der Waals surface area (Å²) in [7, 11) is 0. The molecule has 1 N–H and O–H groups in total. The Balaban J connectivity index is 1.46. The van der Waals surface area contributed by atoms with Crippen LogP contribution in [0.25, 0.3) is 0 Å².